The lowest BCUT2D eigenvalue weighted by Gasteiger charge is -2.13. The predicted octanol–water partition coefficient (Wildman–Crippen LogP) is 6.12. The third kappa shape index (κ3) is 6.10. The summed E-state index contributed by atoms with van der Waals surface area (Å²) >= 11 is 5.54. The van der Waals surface area contributed by atoms with Crippen LogP contribution in [0.5, 0.6) is 11.5 Å². The van der Waals surface area contributed by atoms with Gasteiger partial charge >= 0.3 is 18.2 Å². The van der Waals surface area contributed by atoms with E-state index in [0.717, 1.165) is 12.1 Å². The lowest BCUT2D eigenvalue weighted by atomic mass is 10.2. The van der Waals surface area contributed by atoms with Crippen molar-refractivity contribution in [1.29, 1.82) is 0 Å². The minimum Gasteiger partial charge on any atom is -0.464 e. The van der Waals surface area contributed by atoms with Crippen molar-refractivity contribution in [2.45, 2.75) is 6.18 Å². The number of benzene rings is 2. The van der Waals surface area contributed by atoms with Gasteiger partial charge in [0.1, 0.15) is 5.75 Å². The van der Waals surface area contributed by atoms with Gasteiger partial charge in [-0.25, -0.2) is 19.0 Å². The summed E-state index contributed by atoms with van der Waals surface area (Å²) in [6, 6.07) is 8.07. The Balaban J connectivity index is 1.68. The number of alkyl halides is 3. The molecular formula is C21H14ClF4N3O4. The van der Waals surface area contributed by atoms with E-state index in [1.165, 1.54) is 43.6 Å². The topological polar surface area (TPSA) is 89.5 Å². The van der Waals surface area contributed by atoms with Gasteiger partial charge in [0.05, 0.1) is 17.7 Å². The van der Waals surface area contributed by atoms with Crippen LogP contribution in [0.4, 0.5) is 33.7 Å². The number of nitrogens with zero attached hydrogens (tertiary/aromatic N) is 1. The Morgan fingerprint density at radius 1 is 1.00 bits per heavy atom. The number of methoxy groups -OCH3 is 1. The molecule has 0 saturated heterocycles. The van der Waals surface area contributed by atoms with E-state index in [9.17, 15) is 27.2 Å². The molecule has 0 atom stereocenters. The zero-order valence-corrected chi connectivity index (χ0v) is 17.4. The molecule has 172 valence electrons. The van der Waals surface area contributed by atoms with Gasteiger partial charge in [0.2, 0.25) is 0 Å². The summed E-state index contributed by atoms with van der Waals surface area (Å²) in [7, 11) is 1.18. The number of rotatable bonds is 5. The Hall–Kier alpha value is -3.86. The van der Waals surface area contributed by atoms with E-state index < -0.39 is 34.6 Å². The van der Waals surface area contributed by atoms with Crippen LogP contribution in [0.15, 0.2) is 54.7 Å². The molecule has 0 radical (unpaired) electrons. The number of hydrogen-bond acceptors (Lipinski definition) is 5. The van der Waals surface area contributed by atoms with Gasteiger partial charge in [0.25, 0.3) is 0 Å². The van der Waals surface area contributed by atoms with E-state index in [0.29, 0.717) is 6.07 Å². The van der Waals surface area contributed by atoms with Crippen molar-refractivity contribution in [1.82, 2.24) is 4.98 Å². The number of halogens is 5. The first kappa shape index (κ1) is 23.8. The van der Waals surface area contributed by atoms with Crippen molar-refractivity contribution in [2.75, 3.05) is 17.7 Å². The Morgan fingerprint density at radius 3 is 2.30 bits per heavy atom. The molecule has 12 heteroatoms. The Morgan fingerprint density at radius 2 is 1.67 bits per heavy atom. The highest BCUT2D eigenvalue weighted by molar-refractivity contribution is 6.31. The van der Waals surface area contributed by atoms with Gasteiger partial charge < -0.3 is 20.1 Å². The minimum absolute atomic E-state index is 0.00679. The number of nitrogens with one attached hydrogen (secondary N) is 2. The van der Waals surface area contributed by atoms with E-state index >= 15 is 0 Å². The number of ether oxygens (including phenoxy) is 2. The Bertz CT molecular complexity index is 1200. The molecule has 2 N–H and O–H groups in total. The molecule has 0 aliphatic heterocycles. The van der Waals surface area contributed by atoms with Crippen LogP contribution in [0, 0.1) is 5.82 Å². The summed E-state index contributed by atoms with van der Waals surface area (Å²) in [4.78, 5) is 27.4. The number of aromatic nitrogens is 1. The Kier molecular flexibility index (Phi) is 7.02. The number of amides is 2. The smallest absolute Gasteiger partial charge is 0.417 e. The summed E-state index contributed by atoms with van der Waals surface area (Å²) in [5, 5.41) is 3.99. The fourth-order valence-electron chi connectivity index (χ4n) is 2.59. The molecule has 0 bridgehead atoms. The van der Waals surface area contributed by atoms with Crippen molar-refractivity contribution in [2.24, 2.45) is 0 Å². The molecule has 7 nitrogen and oxygen atoms in total. The van der Waals surface area contributed by atoms with Crippen LogP contribution in [0.2, 0.25) is 5.02 Å². The molecule has 0 unspecified atom stereocenters. The van der Waals surface area contributed by atoms with Gasteiger partial charge in [-0.15, -0.1) is 0 Å². The van der Waals surface area contributed by atoms with Crippen molar-refractivity contribution in [3.63, 3.8) is 0 Å². The molecule has 0 fully saturated rings. The molecule has 0 spiro atoms. The lowest BCUT2D eigenvalue weighted by molar-refractivity contribution is -0.137. The van der Waals surface area contributed by atoms with Crippen molar-refractivity contribution in [3.05, 3.63) is 76.8 Å². The fraction of sp³-hybridized carbons (Fsp3) is 0.0952. The number of carbonyl (C=O) groups is 2. The van der Waals surface area contributed by atoms with Crippen LogP contribution in [0.1, 0.15) is 16.1 Å². The summed E-state index contributed by atoms with van der Waals surface area (Å²) in [5.74, 6) is -1.65. The SMILES string of the molecule is COC(=O)c1cc(Oc2ccc(NC(=O)Nc3ccc(Cl)c(C(F)(F)F)c3)cc2F)ccn1. The summed E-state index contributed by atoms with van der Waals surface area (Å²) in [5.41, 5.74) is -1.31. The second-order valence-corrected chi connectivity index (χ2v) is 6.79. The maximum Gasteiger partial charge on any atom is 0.417 e. The highest BCUT2D eigenvalue weighted by atomic mass is 35.5. The van der Waals surface area contributed by atoms with Crippen LogP contribution < -0.4 is 15.4 Å². The van der Waals surface area contributed by atoms with Gasteiger partial charge in [0.15, 0.2) is 17.3 Å². The second-order valence-electron chi connectivity index (χ2n) is 6.39. The van der Waals surface area contributed by atoms with E-state index in [4.69, 9.17) is 16.3 Å². The summed E-state index contributed by atoms with van der Waals surface area (Å²) < 4.78 is 63.2. The first-order valence-corrected chi connectivity index (χ1v) is 9.41. The third-order valence-electron chi connectivity index (χ3n) is 4.07. The molecule has 0 aliphatic rings. The van der Waals surface area contributed by atoms with Gasteiger partial charge in [-0.1, -0.05) is 11.6 Å². The molecule has 33 heavy (non-hydrogen) atoms. The monoisotopic (exact) mass is 483 g/mol. The standard InChI is InChI=1S/C21H14ClF4N3O4/c1-32-19(30)17-10-13(6-7-27-17)33-18-5-3-12(9-16(18)23)29-20(31)28-11-2-4-15(22)14(8-11)21(24,25)26/h2-10H,1H3,(H2,28,29,31). The van der Waals surface area contributed by atoms with E-state index in [1.807, 2.05) is 0 Å². The number of anilines is 2. The lowest BCUT2D eigenvalue weighted by Crippen LogP contribution is -2.20. The Labute approximate surface area is 189 Å². The largest absolute Gasteiger partial charge is 0.464 e. The van der Waals surface area contributed by atoms with Crippen LogP contribution in [-0.4, -0.2) is 24.1 Å². The number of urea groups is 1. The van der Waals surface area contributed by atoms with Gasteiger partial charge in [-0.2, -0.15) is 13.2 Å². The molecule has 0 saturated carbocycles. The highest BCUT2D eigenvalue weighted by Gasteiger charge is 2.33. The average Bonchev–Trinajstić information content (AvgIpc) is 2.76. The number of hydrogen-bond donors (Lipinski definition) is 2. The van der Waals surface area contributed by atoms with Crippen LogP contribution in [0.25, 0.3) is 0 Å². The first-order chi connectivity index (χ1) is 15.6. The normalized spacial score (nSPS) is 11.0. The van der Waals surface area contributed by atoms with Gasteiger partial charge in [-0.3, -0.25) is 0 Å². The average molecular weight is 484 g/mol. The molecule has 3 aromatic rings. The van der Waals surface area contributed by atoms with E-state index in [1.54, 1.807) is 0 Å². The van der Waals surface area contributed by atoms with Crippen LogP contribution >= 0.6 is 11.6 Å². The zero-order chi connectivity index (χ0) is 24.2. The third-order valence-corrected chi connectivity index (χ3v) is 4.40. The number of carbonyl (C=O) groups excluding carboxylic acids is 2. The van der Waals surface area contributed by atoms with E-state index in [2.05, 4.69) is 20.4 Å². The molecule has 1 heterocycles. The van der Waals surface area contributed by atoms with Gasteiger partial charge in [0, 0.05) is 29.7 Å². The maximum absolute atomic E-state index is 14.4. The van der Waals surface area contributed by atoms with Gasteiger partial charge in [-0.05, 0) is 36.4 Å². The molecule has 0 aliphatic carbocycles. The molecule has 1 aromatic heterocycles. The highest BCUT2D eigenvalue weighted by Crippen LogP contribution is 2.36. The summed E-state index contributed by atoms with van der Waals surface area (Å²) in [6.45, 7) is 0. The molecule has 2 amide bonds. The van der Waals surface area contributed by atoms with E-state index in [-0.39, 0.29) is 28.6 Å². The summed E-state index contributed by atoms with van der Waals surface area (Å²) in [6.07, 6.45) is -3.42. The quantitative estimate of drug-likeness (QED) is 0.337. The first-order valence-electron chi connectivity index (χ1n) is 9.03. The maximum atomic E-state index is 14.4. The molecule has 3 rings (SSSR count). The minimum atomic E-state index is -4.70. The van der Waals surface area contributed by atoms with Crippen LogP contribution in [-0.2, 0) is 10.9 Å². The van der Waals surface area contributed by atoms with Crippen molar-refractivity contribution < 1.29 is 36.6 Å². The molecule has 2 aromatic carbocycles. The van der Waals surface area contributed by atoms with Crippen molar-refractivity contribution >= 4 is 35.0 Å². The second kappa shape index (κ2) is 9.74. The van der Waals surface area contributed by atoms with Crippen molar-refractivity contribution in [3.8, 4) is 11.5 Å². The number of esters is 1. The fourth-order valence-corrected chi connectivity index (χ4v) is 2.82. The molecular weight excluding hydrogens is 470 g/mol. The predicted molar refractivity (Wildman–Crippen MR) is 111 cm³/mol. The van der Waals surface area contributed by atoms with Crippen LogP contribution in [0.3, 0.4) is 0 Å². The number of pyridine rings is 1. The zero-order valence-electron chi connectivity index (χ0n) is 16.7.